The zero-order valence-electron chi connectivity index (χ0n) is 11.6. The molecule has 104 valence electrons. The van der Waals surface area contributed by atoms with E-state index in [0.29, 0.717) is 5.69 Å². The van der Waals surface area contributed by atoms with E-state index in [0.717, 1.165) is 39.9 Å². The van der Waals surface area contributed by atoms with Crippen molar-refractivity contribution in [3.63, 3.8) is 0 Å². The van der Waals surface area contributed by atoms with Gasteiger partial charge in [-0.05, 0) is 48.6 Å². The molecule has 0 fully saturated rings. The third kappa shape index (κ3) is 1.98. The van der Waals surface area contributed by atoms with Crippen molar-refractivity contribution in [2.24, 2.45) is 0 Å². The Morgan fingerprint density at radius 2 is 1.81 bits per heavy atom. The SMILES string of the molecule is Nc1cnc2cc3c(cc2c1-c1ccccc1Cl)CCC3. The molecule has 1 aromatic heterocycles. The second kappa shape index (κ2) is 4.74. The number of nitrogens with zero attached hydrogens (tertiary/aromatic N) is 1. The van der Waals surface area contributed by atoms with E-state index < -0.39 is 0 Å². The molecule has 3 aromatic rings. The van der Waals surface area contributed by atoms with Crippen LogP contribution in [0.25, 0.3) is 22.0 Å². The molecule has 0 aliphatic heterocycles. The van der Waals surface area contributed by atoms with Crippen LogP contribution in [0.1, 0.15) is 17.5 Å². The number of nitrogens with two attached hydrogens (primary N) is 1. The van der Waals surface area contributed by atoms with Crippen molar-refractivity contribution in [3.8, 4) is 11.1 Å². The molecule has 0 saturated carbocycles. The maximum absolute atomic E-state index is 6.37. The molecule has 2 nitrogen and oxygen atoms in total. The molecule has 0 amide bonds. The first kappa shape index (κ1) is 12.7. The molecule has 0 atom stereocenters. The average molecular weight is 295 g/mol. The van der Waals surface area contributed by atoms with Crippen molar-refractivity contribution in [2.75, 3.05) is 5.73 Å². The van der Waals surface area contributed by atoms with Crippen LogP contribution in [-0.2, 0) is 12.8 Å². The number of pyridine rings is 1. The molecule has 0 bridgehead atoms. The fourth-order valence-electron chi connectivity index (χ4n) is 3.24. The minimum absolute atomic E-state index is 0.675. The van der Waals surface area contributed by atoms with Gasteiger partial charge < -0.3 is 5.73 Å². The molecule has 1 aliphatic rings. The van der Waals surface area contributed by atoms with E-state index in [4.69, 9.17) is 17.3 Å². The van der Waals surface area contributed by atoms with E-state index >= 15 is 0 Å². The summed E-state index contributed by atoms with van der Waals surface area (Å²) in [4.78, 5) is 4.51. The fraction of sp³-hybridized carbons (Fsp3) is 0.167. The smallest absolute Gasteiger partial charge is 0.0712 e. The minimum atomic E-state index is 0.675. The molecule has 0 unspecified atom stereocenters. The number of benzene rings is 2. The lowest BCUT2D eigenvalue weighted by Gasteiger charge is -2.13. The third-order valence-electron chi connectivity index (χ3n) is 4.25. The van der Waals surface area contributed by atoms with E-state index in [1.54, 1.807) is 6.20 Å². The van der Waals surface area contributed by atoms with Gasteiger partial charge in [-0.25, -0.2) is 0 Å². The van der Waals surface area contributed by atoms with Crippen LogP contribution in [0.3, 0.4) is 0 Å². The van der Waals surface area contributed by atoms with Gasteiger partial charge in [0.15, 0.2) is 0 Å². The number of nitrogen functional groups attached to an aromatic ring is 1. The molecule has 2 aromatic carbocycles. The van der Waals surface area contributed by atoms with Crippen LogP contribution in [-0.4, -0.2) is 4.98 Å². The van der Waals surface area contributed by atoms with Gasteiger partial charge in [0, 0.05) is 21.5 Å². The van der Waals surface area contributed by atoms with E-state index in [1.807, 2.05) is 24.3 Å². The largest absolute Gasteiger partial charge is 0.397 e. The summed E-state index contributed by atoms with van der Waals surface area (Å²) in [6.45, 7) is 0. The summed E-state index contributed by atoms with van der Waals surface area (Å²) in [6, 6.07) is 12.3. The number of fused-ring (bicyclic) bond motifs is 2. The van der Waals surface area contributed by atoms with Crippen LogP contribution in [0.5, 0.6) is 0 Å². The molecule has 2 N–H and O–H groups in total. The highest BCUT2D eigenvalue weighted by Crippen LogP contribution is 2.38. The standard InChI is InChI=1S/C18H15ClN2/c19-15-7-2-1-6-13(15)18-14-8-11-4-3-5-12(11)9-17(14)21-10-16(18)20/h1-2,6-10H,3-5,20H2. The van der Waals surface area contributed by atoms with Crippen molar-refractivity contribution in [1.29, 1.82) is 0 Å². The quantitative estimate of drug-likeness (QED) is 0.711. The Bertz CT molecular complexity index is 855. The number of hydrogen-bond donors (Lipinski definition) is 1. The van der Waals surface area contributed by atoms with E-state index in [9.17, 15) is 0 Å². The Balaban J connectivity index is 2.08. The number of halogens is 1. The van der Waals surface area contributed by atoms with Gasteiger partial charge in [-0.1, -0.05) is 29.8 Å². The molecule has 1 aliphatic carbocycles. The zero-order chi connectivity index (χ0) is 14.4. The molecule has 1 heterocycles. The number of hydrogen-bond acceptors (Lipinski definition) is 2. The summed E-state index contributed by atoms with van der Waals surface area (Å²) in [6.07, 6.45) is 5.26. The van der Waals surface area contributed by atoms with Crippen LogP contribution in [0.4, 0.5) is 5.69 Å². The Labute approximate surface area is 128 Å². The van der Waals surface area contributed by atoms with Gasteiger partial charge in [-0.3, -0.25) is 4.98 Å². The van der Waals surface area contributed by atoms with Crippen LogP contribution >= 0.6 is 11.6 Å². The molecule has 0 radical (unpaired) electrons. The average Bonchev–Trinajstić information content (AvgIpc) is 2.94. The molecular weight excluding hydrogens is 280 g/mol. The second-order valence-corrected chi connectivity index (χ2v) is 5.97. The summed E-state index contributed by atoms with van der Waals surface area (Å²) in [5.41, 5.74) is 12.7. The minimum Gasteiger partial charge on any atom is -0.397 e. The summed E-state index contributed by atoms with van der Waals surface area (Å²) >= 11 is 6.37. The van der Waals surface area contributed by atoms with Crippen molar-refractivity contribution < 1.29 is 0 Å². The second-order valence-electron chi connectivity index (χ2n) is 5.56. The van der Waals surface area contributed by atoms with Crippen LogP contribution in [0.15, 0.2) is 42.6 Å². The van der Waals surface area contributed by atoms with Gasteiger partial charge >= 0.3 is 0 Å². The summed E-state index contributed by atoms with van der Waals surface area (Å²) in [5.74, 6) is 0. The van der Waals surface area contributed by atoms with Crippen LogP contribution in [0.2, 0.25) is 5.02 Å². The topological polar surface area (TPSA) is 38.9 Å². The van der Waals surface area contributed by atoms with Gasteiger partial charge in [0.25, 0.3) is 0 Å². The van der Waals surface area contributed by atoms with E-state index in [-0.39, 0.29) is 0 Å². The first-order valence-electron chi connectivity index (χ1n) is 7.19. The van der Waals surface area contributed by atoms with E-state index in [2.05, 4.69) is 17.1 Å². The molecule has 0 spiro atoms. The molecule has 4 rings (SSSR count). The third-order valence-corrected chi connectivity index (χ3v) is 4.58. The van der Waals surface area contributed by atoms with Gasteiger partial charge in [0.2, 0.25) is 0 Å². The van der Waals surface area contributed by atoms with Gasteiger partial charge in [0.1, 0.15) is 0 Å². The number of aryl methyl sites for hydroxylation is 2. The molecule has 21 heavy (non-hydrogen) atoms. The predicted molar refractivity (Wildman–Crippen MR) is 88.6 cm³/mol. The maximum atomic E-state index is 6.37. The monoisotopic (exact) mass is 294 g/mol. The Kier molecular flexibility index (Phi) is 2.86. The van der Waals surface area contributed by atoms with Gasteiger partial charge in [0.05, 0.1) is 17.4 Å². The zero-order valence-corrected chi connectivity index (χ0v) is 12.3. The van der Waals surface area contributed by atoms with Crippen LogP contribution < -0.4 is 5.73 Å². The lowest BCUT2D eigenvalue weighted by atomic mass is 9.97. The van der Waals surface area contributed by atoms with Crippen LogP contribution in [0, 0.1) is 0 Å². The summed E-state index contributed by atoms with van der Waals surface area (Å²) in [5, 5.41) is 1.82. The Morgan fingerprint density at radius 3 is 2.62 bits per heavy atom. The summed E-state index contributed by atoms with van der Waals surface area (Å²) in [7, 11) is 0. The fourth-order valence-corrected chi connectivity index (χ4v) is 3.47. The van der Waals surface area contributed by atoms with Crippen molar-refractivity contribution in [1.82, 2.24) is 4.98 Å². The lowest BCUT2D eigenvalue weighted by molar-refractivity contribution is 0.912. The highest BCUT2D eigenvalue weighted by molar-refractivity contribution is 6.34. The number of rotatable bonds is 1. The Hall–Kier alpha value is -2.06. The molecular formula is C18H15ClN2. The first-order valence-corrected chi connectivity index (χ1v) is 7.57. The normalized spacial score (nSPS) is 13.6. The van der Waals surface area contributed by atoms with Gasteiger partial charge in [-0.2, -0.15) is 0 Å². The van der Waals surface area contributed by atoms with Crippen molar-refractivity contribution in [2.45, 2.75) is 19.3 Å². The molecule has 3 heteroatoms. The Morgan fingerprint density at radius 1 is 1.05 bits per heavy atom. The highest BCUT2D eigenvalue weighted by atomic mass is 35.5. The van der Waals surface area contributed by atoms with Crippen molar-refractivity contribution in [3.05, 3.63) is 58.7 Å². The van der Waals surface area contributed by atoms with Gasteiger partial charge in [-0.15, -0.1) is 0 Å². The first-order chi connectivity index (χ1) is 10.2. The maximum Gasteiger partial charge on any atom is 0.0712 e. The lowest BCUT2D eigenvalue weighted by Crippen LogP contribution is -1.96. The number of aromatic nitrogens is 1. The van der Waals surface area contributed by atoms with Crippen molar-refractivity contribution >= 4 is 28.2 Å². The van der Waals surface area contributed by atoms with E-state index in [1.165, 1.54) is 17.5 Å². The number of anilines is 1. The highest BCUT2D eigenvalue weighted by Gasteiger charge is 2.17. The molecule has 0 saturated heterocycles. The summed E-state index contributed by atoms with van der Waals surface area (Å²) < 4.78 is 0. The predicted octanol–water partition coefficient (Wildman–Crippen LogP) is 4.63.